The van der Waals surface area contributed by atoms with Crippen molar-refractivity contribution in [1.29, 1.82) is 0 Å². The maximum absolute atomic E-state index is 13.4. The van der Waals surface area contributed by atoms with E-state index in [0.717, 1.165) is 27.5 Å². The molecule has 0 aliphatic carbocycles. The molecule has 35 heavy (non-hydrogen) atoms. The van der Waals surface area contributed by atoms with E-state index in [4.69, 9.17) is 0 Å². The summed E-state index contributed by atoms with van der Waals surface area (Å²) >= 11 is 0. The van der Waals surface area contributed by atoms with Crippen molar-refractivity contribution in [3.63, 3.8) is 0 Å². The average molecular weight is 462 g/mol. The molecule has 1 aliphatic rings. The van der Waals surface area contributed by atoms with E-state index in [1.807, 2.05) is 91.9 Å². The molecule has 1 N–H and O–H groups in total. The van der Waals surface area contributed by atoms with Gasteiger partial charge in [-0.15, -0.1) is 0 Å². The predicted molar refractivity (Wildman–Crippen MR) is 140 cm³/mol. The van der Waals surface area contributed by atoms with Crippen LogP contribution in [0.5, 0.6) is 0 Å². The number of anilines is 1. The van der Waals surface area contributed by atoms with Crippen LogP contribution in [-0.4, -0.2) is 16.8 Å². The van der Waals surface area contributed by atoms with Crippen LogP contribution < -0.4 is 4.90 Å². The Bertz CT molecular complexity index is 1480. The third-order valence-corrected chi connectivity index (χ3v) is 6.66. The van der Waals surface area contributed by atoms with Crippen molar-refractivity contribution in [2.24, 2.45) is 0 Å². The number of Topliss-reactive ketones (excluding diaryl/α,β-unsaturated/α-hetero) is 1. The minimum atomic E-state index is -0.730. The zero-order valence-corrected chi connectivity index (χ0v) is 20.0. The smallest absolute Gasteiger partial charge is 0.300 e. The molecule has 4 aromatic rings. The highest BCUT2D eigenvalue weighted by atomic mass is 16.3. The number of hydrogen-bond acceptors (Lipinski definition) is 3. The second-order valence-electron chi connectivity index (χ2n) is 9.39. The topological polar surface area (TPSA) is 57.6 Å². The van der Waals surface area contributed by atoms with E-state index < -0.39 is 17.7 Å². The number of nitrogens with zero attached hydrogens (tertiary/aromatic N) is 1. The van der Waals surface area contributed by atoms with E-state index in [2.05, 4.69) is 13.8 Å². The largest absolute Gasteiger partial charge is 0.507 e. The van der Waals surface area contributed by atoms with Gasteiger partial charge >= 0.3 is 0 Å². The molecule has 0 saturated carbocycles. The van der Waals surface area contributed by atoms with Gasteiger partial charge in [-0.2, -0.15) is 0 Å². The van der Waals surface area contributed by atoms with Crippen LogP contribution in [0.25, 0.3) is 16.5 Å². The third-order valence-electron chi connectivity index (χ3n) is 6.66. The van der Waals surface area contributed by atoms with Crippen molar-refractivity contribution >= 4 is 33.9 Å². The molecular weight excluding hydrogens is 434 g/mol. The molecule has 1 unspecified atom stereocenters. The zero-order valence-electron chi connectivity index (χ0n) is 20.0. The molecule has 1 atom stereocenters. The lowest BCUT2D eigenvalue weighted by atomic mass is 9.93. The summed E-state index contributed by atoms with van der Waals surface area (Å²) in [5.74, 6) is -1.15. The maximum atomic E-state index is 13.4. The lowest BCUT2D eigenvalue weighted by Gasteiger charge is -2.26. The molecule has 4 heteroatoms. The molecule has 0 spiro atoms. The van der Waals surface area contributed by atoms with Crippen LogP contribution in [0.1, 0.15) is 48.1 Å². The fourth-order valence-corrected chi connectivity index (χ4v) is 4.77. The van der Waals surface area contributed by atoms with E-state index >= 15 is 0 Å². The van der Waals surface area contributed by atoms with E-state index in [1.54, 1.807) is 6.07 Å². The SMILES string of the molecule is Cc1cccc(C2/C(=C(/O)c3ccc4ccccc4c3)C(=O)C(=O)N2c2ccc(C(C)C)cc2)c1. The molecule has 1 saturated heterocycles. The van der Waals surface area contributed by atoms with Crippen LogP contribution in [0.4, 0.5) is 5.69 Å². The minimum absolute atomic E-state index is 0.101. The second kappa shape index (κ2) is 8.88. The molecule has 0 radical (unpaired) electrons. The molecule has 1 fully saturated rings. The summed E-state index contributed by atoms with van der Waals surface area (Å²) in [5.41, 5.74) is 4.17. The number of carbonyl (C=O) groups is 2. The minimum Gasteiger partial charge on any atom is -0.507 e. The fourth-order valence-electron chi connectivity index (χ4n) is 4.77. The Morgan fingerprint density at radius 2 is 1.54 bits per heavy atom. The first kappa shape index (κ1) is 22.6. The van der Waals surface area contributed by atoms with Gasteiger partial charge in [0.15, 0.2) is 0 Å². The first-order chi connectivity index (χ1) is 16.8. The normalized spacial score (nSPS) is 17.5. The number of fused-ring (bicyclic) bond motifs is 1. The van der Waals surface area contributed by atoms with Gasteiger partial charge in [-0.3, -0.25) is 14.5 Å². The van der Waals surface area contributed by atoms with Gasteiger partial charge in [0.1, 0.15) is 5.76 Å². The highest BCUT2D eigenvalue weighted by Gasteiger charge is 2.47. The summed E-state index contributed by atoms with van der Waals surface area (Å²) in [7, 11) is 0. The Balaban J connectivity index is 1.70. The third kappa shape index (κ3) is 4.01. The van der Waals surface area contributed by atoms with E-state index in [-0.39, 0.29) is 11.3 Å². The van der Waals surface area contributed by atoms with Gasteiger partial charge < -0.3 is 5.11 Å². The Hall–Kier alpha value is -4.18. The lowest BCUT2D eigenvalue weighted by Crippen LogP contribution is -2.29. The number of rotatable bonds is 4. The number of aliphatic hydroxyl groups is 1. The number of amides is 1. The van der Waals surface area contributed by atoms with E-state index in [1.165, 1.54) is 4.90 Å². The van der Waals surface area contributed by atoms with Crippen LogP contribution in [0.15, 0.2) is 96.6 Å². The Labute approximate surface area is 205 Å². The first-order valence-electron chi connectivity index (χ1n) is 11.8. The highest BCUT2D eigenvalue weighted by Crippen LogP contribution is 2.42. The van der Waals surface area contributed by atoms with E-state index in [0.29, 0.717) is 17.2 Å². The molecule has 4 nitrogen and oxygen atoms in total. The fraction of sp³-hybridized carbons (Fsp3) is 0.161. The van der Waals surface area contributed by atoms with Crippen molar-refractivity contribution in [2.75, 3.05) is 4.90 Å². The van der Waals surface area contributed by atoms with Gasteiger partial charge in [-0.25, -0.2) is 0 Å². The molecule has 1 heterocycles. The van der Waals surface area contributed by atoms with Gasteiger partial charge in [-0.1, -0.05) is 92.2 Å². The average Bonchev–Trinajstić information content (AvgIpc) is 3.13. The highest BCUT2D eigenvalue weighted by molar-refractivity contribution is 6.51. The first-order valence-corrected chi connectivity index (χ1v) is 11.8. The van der Waals surface area contributed by atoms with Crippen LogP contribution in [-0.2, 0) is 9.59 Å². The Morgan fingerprint density at radius 1 is 0.829 bits per heavy atom. The molecule has 4 aromatic carbocycles. The van der Waals surface area contributed by atoms with Crippen molar-refractivity contribution in [1.82, 2.24) is 0 Å². The number of ketones is 1. The molecule has 1 aliphatic heterocycles. The van der Waals surface area contributed by atoms with Crippen LogP contribution in [0.2, 0.25) is 0 Å². The van der Waals surface area contributed by atoms with Crippen LogP contribution >= 0.6 is 0 Å². The number of aryl methyl sites for hydroxylation is 1. The monoisotopic (exact) mass is 461 g/mol. The molecule has 0 aromatic heterocycles. The van der Waals surface area contributed by atoms with Gasteiger partial charge in [-0.05, 0) is 52.9 Å². The Kier molecular flexibility index (Phi) is 5.73. The quantitative estimate of drug-likeness (QED) is 0.204. The molecule has 1 amide bonds. The summed E-state index contributed by atoms with van der Waals surface area (Å²) in [6.45, 7) is 6.19. The Morgan fingerprint density at radius 3 is 2.23 bits per heavy atom. The molecule has 0 bridgehead atoms. The van der Waals surface area contributed by atoms with Crippen molar-refractivity contribution in [2.45, 2.75) is 32.7 Å². The standard InChI is InChI=1S/C31H27NO3/c1-19(2)21-13-15-26(16-14-21)32-28(24-10-6-7-20(3)17-24)27(30(34)31(32)35)29(33)25-12-11-22-8-4-5-9-23(22)18-25/h4-19,28,33H,1-3H3/b29-27-. The zero-order chi connectivity index (χ0) is 24.7. The van der Waals surface area contributed by atoms with Crippen molar-refractivity contribution in [3.8, 4) is 0 Å². The molecule has 5 rings (SSSR count). The van der Waals surface area contributed by atoms with Gasteiger partial charge in [0.25, 0.3) is 11.7 Å². The number of aliphatic hydroxyl groups excluding tert-OH is 1. The van der Waals surface area contributed by atoms with Crippen molar-refractivity contribution < 1.29 is 14.7 Å². The van der Waals surface area contributed by atoms with Gasteiger partial charge in [0, 0.05) is 11.3 Å². The summed E-state index contributed by atoms with van der Waals surface area (Å²) in [5, 5.41) is 13.4. The van der Waals surface area contributed by atoms with E-state index in [9.17, 15) is 14.7 Å². The maximum Gasteiger partial charge on any atom is 0.300 e. The second-order valence-corrected chi connectivity index (χ2v) is 9.39. The predicted octanol–water partition coefficient (Wildman–Crippen LogP) is 6.90. The summed E-state index contributed by atoms with van der Waals surface area (Å²) in [6, 6.07) is 28.1. The molecule has 174 valence electrons. The van der Waals surface area contributed by atoms with Crippen LogP contribution in [0, 0.1) is 6.92 Å². The molecular formula is C31H27NO3. The summed E-state index contributed by atoms with van der Waals surface area (Å²) in [4.78, 5) is 28.3. The number of carbonyl (C=O) groups excluding carboxylic acids is 2. The van der Waals surface area contributed by atoms with Crippen molar-refractivity contribution in [3.05, 3.63) is 119 Å². The summed E-state index contributed by atoms with van der Waals surface area (Å²) < 4.78 is 0. The lowest BCUT2D eigenvalue weighted by molar-refractivity contribution is -0.132. The van der Waals surface area contributed by atoms with Crippen LogP contribution in [0.3, 0.4) is 0 Å². The number of benzene rings is 4. The van der Waals surface area contributed by atoms with Gasteiger partial charge in [0.2, 0.25) is 0 Å². The summed E-state index contributed by atoms with van der Waals surface area (Å²) in [6.07, 6.45) is 0. The van der Waals surface area contributed by atoms with Gasteiger partial charge in [0.05, 0.1) is 11.6 Å². The number of hydrogen-bond donors (Lipinski definition) is 1.